The molecule has 0 fully saturated rings. The van der Waals surface area contributed by atoms with Crippen molar-refractivity contribution in [3.05, 3.63) is 87.4 Å². The zero-order valence-electron chi connectivity index (χ0n) is 15.6. The van der Waals surface area contributed by atoms with Crippen molar-refractivity contribution in [3.63, 3.8) is 0 Å². The molecule has 4 nitrogen and oxygen atoms in total. The van der Waals surface area contributed by atoms with Crippen molar-refractivity contribution < 1.29 is 14.3 Å². The van der Waals surface area contributed by atoms with Crippen LogP contribution in [0.5, 0.6) is 0 Å². The summed E-state index contributed by atoms with van der Waals surface area (Å²) in [6, 6.07) is 13.6. The van der Waals surface area contributed by atoms with Crippen LogP contribution in [0.1, 0.15) is 32.7 Å². The van der Waals surface area contributed by atoms with Gasteiger partial charge in [-0.05, 0) is 72.5 Å². The Morgan fingerprint density at radius 1 is 1.11 bits per heavy atom. The van der Waals surface area contributed by atoms with Gasteiger partial charge in [0.1, 0.15) is 0 Å². The van der Waals surface area contributed by atoms with Crippen LogP contribution in [0.15, 0.2) is 48.5 Å². The van der Waals surface area contributed by atoms with Crippen LogP contribution in [0.3, 0.4) is 0 Å². The first kappa shape index (κ1) is 20.0. The molecular formula is C22H20ClFN2O2. The number of hydrogen-bond donors (Lipinski definition) is 2. The lowest BCUT2D eigenvalue weighted by molar-refractivity contribution is 0.0950. The number of pyridine rings is 1. The Balaban J connectivity index is 1.86. The van der Waals surface area contributed by atoms with E-state index in [4.69, 9.17) is 11.6 Å². The van der Waals surface area contributed by atoms with Crippen LogP contribution >= 0.6 is 11.6 Å². The number of aliphatic hydroxyl groups is 1. The first-order valence-electron chi connectivity index (χ1n) is 8.79. The van der Waals surface area contributed by atoms with E-state index in [0.29, 0.717) is 39.5 Å². The fraction of sp³-hybridized carbons (Fsp3) is 0.182. The van der Waals surface area contributed by atoms with Crippen molar-refractivity contribution in [1.29, 1.82) is 0 Å². The van der Waals surface area contributed by atoms with Crippen LogP contribution in [-0.2, 0) is 13.2 Å². The molecule has 144 valence electrons. The minimum atomic E-state index is -0.559. The van der Waals surface area contributed by atoms with Gasteiger partial charge in [0.2, 0.25) is 5.95 Å². The highest BCUT2D eigenvalue weighted by Gasteiger charge is 2.12. The number of amides is 1. The van der Waals surface area contributed by atoms with Gasteiger partial charge in [0.25, 0.3) is 5.91 Å². The predicted octanol–water partition coefficient (Wildman–Crippen LogP) is 4.58. The molecule has 3 aromatic rings. The average molecular weight is 399 g/mol. The minimum Gasteiger partial charge on any atom is -0.392 e. The van der Waals surface area contributed by atoms with Gasteiger partial charge in [-0.15, -0.1) is 0 Å². The third-order valence-corrected chi connectivity index (χ3v) is 4.90. The highest BCUT2D eigenvalue weighted by Crippen LogP contribution is 2.25. The maximum Gasteiger partial charge on any atom is 0.251 e. The number of nitrogens with zero attached hydrogens (tertiary/aromatic N) is 1. The first-order valence-corrected chi connectivity index (χ1v) is 9.16. The summed E-state index contributed by atoms with van der Waals surface area (Å²) < 4.78 is 13.3. The summed E-state index contributed by atoms with van der Waals surface area (Å²) in [6.45, 7) is 3.75. The Hall–Kier alpha value is -2.76. The van der Waals surface area contributed by atoms with Gasteiger partial charge in [-0.1, -0.05) is 23.7 Å². The summed E-state index contributed by atoms with van der Waals surface area (Å²) in [5, 5.41) is 13.1. The van der Waals surface area contributed by atoms with Crippen molar-refractivity contribution >= 4 is 17.5 Å². The molecule has 1 heterocycles. The van der Waals surface area contributed by atoms with E-state index in [1.807, 2.05) is 19.1 Å². The molecule has 0 spiro atoms. The Morgan fingerprint density at radius 3 is 2.57 bits per heavy atom. The van der Waals surface area contributed by atoms with Crippen molar-refractivity contribution in [2.75, 3.05) is 0 Å². The van der Waals surface area contributed by atoms with E-state index in [1.165, 1.54) is 6.07 Å². The van der Waals surface area contributed by atoms with Crippen molar-refractivity contribution in [2.45, 2.75) is 27.0 Å². The molecule has 6 heteroatoms. The predicted molar refractivity (Wildman–Crippen MR) is 108 cm³/mol. The second-order valence-electron chi connectivity index (χ2n) is 6.61. The summed E-state index contributed by atoms with van der Waals surface area (Å²) in [5.74, 6) is -0.826. The van der Waals surface area contributed by atoms with E-state index < -0.39 is 5.95 Å². The van der Waals surface area contributed by atoms with E-state index in [0.717, 1.165) is 11.1 Å². The van der Waals surface area contributed by atoms with Gasteiger partial charge >= 0.3 is 0 Å². The summed E-state index contributed by atoms with van der Waals surface area (Å²) in [4.78, 5) is 16.5. The Morgan fingerprint density at radius 2 is 1.89 bits per heavy atom. The molecular weight excluding hydrogens is 379 g/mol. The summed E-state index contributed by atoms with van der Waals surface area (Å²) in [5.41, 5.74) is 4.80. The molecule has 3 rings (SSSR count). The fourth-order valence-corrected chi connectivity index (χ4v) is 3.12. The average Bonchev–Trinajstić information content (AvgIpc) is 2.68. The monoisotopic (exact) mass is 398 g/mol. The fourth-order valence-electron chi connectivity index (χ4n) is 3.01. The highest BCUT2D eigenvalue weighted by atomic mass is 35.5. The number of aliphatic hydroxyl groups excluding tert-OH is 1. The lowest BCUT2D eigenvalue weighted by Crippen LogP contribution is -2.23. The van der Waals surface area contributed by atoms with E-state index in [2.05, 4.69) is 10.3 Å². The molecule has 0 bridgehead atoms. The van der Waals surface area contributed by atoms with Crippen molar-refractivity contribution in [2.24, 2.45) is 0 Å². The molecule has 1 aromatic heterocycles. The van der Waals surface area contributed by atoms with Crippen LogP contribution in [0.25, 0.3) is 11.1 Å². The van der Waals surface area contributed by atoms with Crippen LogP contribution in [0.4, 0.5) is 4.39 Å². The number of nitrogens with one attached hydrogen (secondary N) is 1. The number of hydrogen-bond acceptors (Lipinski definition) is 3. The molecule has 0 aliphatic carbocycles. The molecule has 28 heavy (non-hydrogen) atoms. The molecule has 0 atom stereocenters. The van der Waals surface area contributed by atoms with Gasteiger partial charge in [-0.3, -0.25) is 4.79 Å². The Bertz CT molecular complexity index is 1040. The zero-order chi connectivity index (χ0) is 20.3. The number of aromatic nitrogens is 1. The lowest BCUT2D eigenvalue weighted by Gasteiger charge is -2.12. The van der Waals surface area contributed by atoms with Crippen LogP contribution in [-0.4, -0.2) is 16.0 Å². The molecule has 2 N–H and O–H groups in total. The van der Waals surface area contributed by atoms with Crippen LogP contribution < -0.4 is 5.32 Å². The smallest absolute Gasteiger partial charge is 0.251 e. The van der Waals surface area contributed by atoms with Crippen LogP contribution in [0, 0.1) is 19.8 Å². The highest BCUT2D eigenvalue weighted by molar-refractivity contribution is 6.31. The minimum absolute atomic E-state index is 0.210. The zero-order valence-corrected chi connectivity index (χ0v) is 16.3. The van der Waals surface area contributed by atoms with Crippen molar-refractivity contribution in [1.82, 2.24) is 10.3 Å². The largest absolute Gasteiger partial charge is 0.392 e. The maximum atomic E-state index is 13.3. The van der Waals surface area contributed by atoms with E-state index in [1.54, 1.807) is 37.3 Å². The Kier molecular flexibility index (Phi) is 6.07. The molecule has 0 aliphatic heterocycles. The number of carbonyl (C=O) groups is 1. The molecule has 0 saturated carbocycles. The second kappa shape index (κ2) is 8.50. The normalized spacial score (nSPS) is 10.8. The number of rotatable bonds is 5. The van der Waals surface area contributed by atoms with Gasteiger partial charge in [0.15, 0.2) is 0 Å². The van der Waals surface area contributed by atoms with Gasteiger partial charge in [0, 0.05) is 28.4 Å². The van der Waals surface area contributed by atoms with Gasteiger partial charge < -0.3 is 10.4 Å². The number of aryl methyl sites for hydroxylation is 2. The van der Waals surface area contributed by atoms with E-state index >= 15 is 0 Å². The first-order chi connectivity index (χ1) is 13.4. The lowest BCUT2D eigenvalue weighted by atomic mass is 9.98. The molecule has 0 aliphatic rings. The number of halogens is 2. The third kappa shape index (κ3) is 4.55. The maximum absolute atomic E-state index is 13.3. The summed E-state index contributed by atoms with van der Waals surface area (Å²) in [7, 11) is 0. The standard InChI is InChI=1S/C22H20ClFN2O2/c1-13-7-15(3-5-20(13)23)11-25-22(28)18-9-16(12-27)8-17(10-18)19-4-6-21(24)26-14(19)2/h3-10,27H,11-12H2,1-2H3,(H,25,28). The molecule has 1 amide bonds. The van der Waals surface area contributed by atoms with Crippen molar-refractivity contribution in [3.8, 4) is 11.1 Å². The van der Waals surface area contributed by atoms with Gasteiger partial charge in [-0.2, -0.15) is 4.39 Å². The topological polar surface area (TPSA) is 62.2 Å². The Labute approximate surface area is 168 Å². The van der Waals surface area contributed by atoms with E-state index in [-0.39, 0.29) is 12.5 Å². The number of benzene rings is 2. The molecule has 0 saturated heterocycles. The summed E-state index contributed by atoms with van der Waals surface area (Å²) in [6.07, 6.45) is 0. The second-order valence-corrected chi connectivity index (χ2v) is 7.02. The quantitative estimate of drug-likeness (QED) is 0.618. The van der Waals surface area contributed by atoms with Crippen LogP contribution in [0.2, 0.25) is 5.02 Å². The SMILES string of the molecule is Cc1cc(CNC(=O)c2cc(CO)cc(-c3ccc(F)nc3C)c2)ccc1Cl. The molecule has 0 unspecified atom stereocenters. The third-order valence-electron chi connectivity index (χ3n) is 4.48. The van der Waals surface area contributed by atoms with E-state index in [9.17, 15) is 14.3 Å². The van der Waals surface area contributed by atoms with Gasteiger partial charge in [-0.25, -0.2) is 4.98 Å². The molecule has 2 aromatic carbocycles. The number of carbonyl (C=O) groups excluding carboxylic acids is 1. The van der Waals surface area contributed by atoms with Gasteiger partial charge in [0.05, 0.1) is 6.61 Å². The summed E-state index contributed by atoms with van der Waals surface area (Å²) >= 11 is 6.03. The molecule has 0 radical (unpaired) electrons.